The van der Waals surface area contributed by atoms with Gasteiger partial charge in [-0.1, -0.05) is 60.7 Å². The van der Waals surface area contributed by atoms with Crippen molar-refractivity contribution < 1.29 is 14.0 Å². The number of benzene rings is 2. The maximum Gasteiger partial charge on any atom is 0.242 e. The molecule has 3 aromatic rings. The van der Waals surface area contributed by atoms with E-state index in [9.17, 15) is 9.59 Å². The van der Waals surface area contributed by atoms with Crippen LogP contribution in [0.2, 0.25) is 0 Å². The molecule has 1 heterocycles. The monoisotopic (exact) mass is 446 g/mol. The molecular formula is C28H34N2O3. The second kappa shape index (κ2) is 12.0. The van der Waals surface area contributed by atoms with Gasteiger partial charge in [0.1, 0.15) is 11.5 Å². The van der Waals surface area contributed by atoms with E-state index < -0.39 is 0 Å². The SMILES string of the molecule is Cc1ccc(CN(CCc2ccccc2)C(=O)CN(C(=O)CCc2ccccc2)C(C)C)o1. The van der Waals surface area contributed by atoms with E-state index in [-0.39, 0.29) is 24.4 Å². The summed E-state index contributed by atoms with van der Waals surface area (Å²) in [6.45, 7) is 6.83. The predicted molar refractivity (Wildman–Crippen MR) is 131 cm³/mol. The van der Waals surface area contributed by atoms with E-state index in [1.165, 1.54) is 5.56 Å². The fourth-order valence-corrected chi connectivity index (χ4v) is 3.80. The van der Waals surface area contributed by atoms with Crippen molar-refractivity contribution in [1.29, 1.82) is 0 Å². The third-order valence-electron chi connectivity index (χ3n) is 5.73. The number of hydrogen-bond acceptors (Lipinski definition) is 3. The van der Waals surface area contributed by atoms with Crippen molar-refractivity contribution in [2.45, 2.75) is 52.6 Å². The molecule has 0 atom stereocenters. The van der Waals surface area contributed by atoms with Crippen LogP contribution in [0, 0.1) is 6.92 Å². The smallest absolute Gasteiger partial charge is 0.242 e. The summed E-state index contributed by atoms with van der Waals surface area (Å²) in [7, 11) is 0. The molecule has 0 N–H and O–H groups in total. The van der Waals surface area contributed by atoms with Crippen LogP contribution >= 0.6 is 0 Å². The van der Waals surface area contributed by atoms with Crippen LogP contribution in [0.4, 0.5) is 0 Å². The Labute approximate surface area is 197 Å². The molecule has 33 heavy (non-hydrogen) atoms. The van der Waals surface area contributed by atoms with Crippen LogP contribution in [0.5, 0.6) is 0 Å². The first-order valence-electron chi connectivity index (χ1n) is 11.6. The van der Waals surface area contributed by atoms with Gasteiger partial charge in [0.05, 0.1) is 13.1 Å². The standard InChI is InChI=1S/C28H34N2O3/c1-22(2)30(27(31)17-15-24-10-6-4-7-11-24)21-28(32)29(20-26-16-14-23(3)33-26)19-18-25-12-8-5-9-13-25/h4-14,16,22H,15,17-21H2,1-3H3. The van der Waals surface area contributed by atoms with Crippen LogP contribution in [-0.2, 0) is 29.0 Å². The molecule has 0 aliphatic rings. The molecule has 0 bridgehead atoms. The number of hydrogen-bond donors (Lipinski definition) is 0. The minimum absolute atomic E-state index is 0.000875. The maximum atomic E-state index is 13.4. The van der Waals surface area contributed by atoms with Crippen molar-refractivity contribution in [2.24, 2.45) is 0 Å². The first-order valence-corrected chi connectivity index (χ1v) is 11.6. The minimum Gasteiger partial charge on any atom is -0.464 e. The van der Waals surface area contributed by atoms with Crippen LogP contribution in [0.25, 0.3) is 0 Å². The van der Waals surface area contributed by atoms with Crippen molar-refractivity contribution >= 4 is 11.8 Å². The molecule has 2 amide bonds. The molecule has 2 aromatic carbocycles. The van der Waals surface area contributed by atoms with Crippen LogP contribution < -0.4 is 0 Å². The van der Waals surface area contributed by atoms with Gasteiger partial charge in [-0.15, -0.1) is 0 Å². The van der Waals surface area contributed by atoms with Gasteiger partial charge in [-0.3, -0.25) is 9.59 Å². The molecule has 1 aromatic heterocycles. The van der Waals surface area contributed by atoms with E-state index in [1.54, 1.807) is 9.80 Å². The second-order valence-electron chi connectivity index (χ2n) is 8.66. The summed E-state index contributed by atoms with van der Waals surface area (Å²) in [6, 6.07) is 23.8. The van der Waals surface area contributed by atoms with E-state index in [2.05, 4.69) is 12.1 Å². The van der Waals surface area contributed by atoms with E-state index in [0.717, 1.165) is 23.5 Å². The minimum atomic E-state index is -0.0678. The number of nitrogens with zero attached hydrogens (tertiary/aromatic N) is 2. The second-order valence-corrected chi connectivity index (χ2v) is 8.66. The average molecular weight is 447 g/mol. The van der Waals surface area contributed by atoms with Crippen molar-refractivity contribution in [2.75, 3.05) is 13.1 Å². The van der Waals surface area contributed by atoms with Crippen molar-refractivity contribution in [3.05, 3.63) is 95.4 Å². The highest BCUT2D eigenvalue weighted by Gasteiger charge is 2.24. The molecule has 3 rings (SSSR count). The van der Waals surface area contributed by atoms with Gasteiger partial charge in [0, 0.05) is 19.0 Å². The summed E-state index contributed by atoms with van der Waals surface area (Å²) in [5, 5.41) is 0. The molecule has 0 aliphatic carbocycles. The molecule has 0 spiro atoms. The van der Waals surface area contributed by atoms with Gasteiger partial charge in [0.25, 0.3) is 0 Å². The predicted octanol–water partition coefficient (Wildman–Crippen LogP) is 5.03. The van der Waals surface area contributed by atoms with Gasteiger partial charge >= 0.3 is 0 Å². The number of carbonyl (C=O) groups is 2. The molecule has 0 saturated heterocycles. The third-order valence-corrected chi connectivity index (χ3v) is 5.73. The number of carbonyl (C=O) groups excluding carboxylic acids is 2. The lowest BCUT2D eigenvalue weighted by Gasteiger charge is -2.30. The quantitative estimate of drug-likeness (QED) is 0.415. The zero-order chi connectivity index (χ0) is 23.6. The summed E-state index contributed by atoms with van der Waals surface area (Å²) >= 11 is 0. The summed E-state index contributed by atoms with van der Waals surface area (Å²) in [5.41, 5.74) is 2.30. The van der Waals surface area contributed by atoms with Crippen LogP contribution in [0.3, 0.4) is 0 Å². The summed E-state index contributed by atoms with van der Waals surface area (Å²) in [4.78, 5) is 29.8. The Kier molecular flexibility index (Phi) is 8.87. The lowest BCUT2D eigenvalue weighted by Crippen LogP contribution is -2.46. The van der Waals surface area contributed by atoms with Crippen molar-refractivity contribution in [3.8, 4) is 0 Å². The lowest BCUT2D eigenvalue weighted by molar-refractivity contribution is -0.142. The van der Waals surface area contributed by atoms with E-state index in [0.29, 0.717) is 25.9 Å². The van der Waals surface area contributed by atoms with Gasteiger partial charge in [0.2, 0.25) is 11.8 Å². The van der Waals surface area contributed by atoms with Crippen molar-refractivity contribution in [1.82, 2.24) is 9.80 Å². The molecule has 0 radical (unpaired) electrons. The fraction of sp³-hybridized carbons (Fsp3) is 0.357. The highest BCUT2D eigenvalue weighted by molar-refractivity contribution is 5.85. The van der Waals surface area contributed by atoms with Crippen LogP contribution in [0.1, 0.15) is 42.9 Å². The molecular weight excluding hydrogens is 412 g/mol. The molecule has 0 fully saturated rings. The highest BCUT2D eigenvalue weighted by atomic mass is 16.3. The fourth-order valence-electron chi connectivity index (χ4n) is 3.80. The number of aryl methyl sites for hydroxylation is 2. The molecule has 0 unspecified atom stereocenters. The highest BCUT2D eigenvalue weighted by Crippen LogP contribution is 2.13. The maximum absolute atomic E-state index is 13.4. The van der Waals surface area contributed by atoms with Gasteiger partial charge < -0.3 is 14.2 Å². The van der Waals surface area contributed by atoms with E-state index >= 15 is 0 Å². The average Bonchev–Trinajstić information content (AvgIpc) is 3.24. The normalized spacial score (nSPS) is 10.9. The Bertz CT molecular complexity index is 1010. The molecule has 0 aliphatic heterocycles. The number of furan rings is 1. The largest absolute Gasteiger partial charge is 0.464 e. The molecule has 174 valence electrons. The number of rotatable bonds is 11. The lowest BCUT2D eigenvalue weighted by atomic mass is 10.1. The van der Waals surface area contributed by atoms with Crippen LogP contribution in [-0.4, -0.2) is 40.7 Å². The summed E-state index contributed by atoms with van der Waals surface area (Å²) < 4.78 is 5.73. The third kappa shape index (κ3) is 7.63. The van der Waals surface area contributed by atoms with Gasteiger partial charge in [-0.2, -0.15) is 0 Å². The van der Waals surface area contributed by atoms with E-state index in [1.807, 2.05) is 81.4 Å². The zero-order valence-electron chi connectivity index (χ0n) is 19.9. The first-order chi connectivity index (χ1) is 15.9. The van der Waals surface area contributed by atoms with Gasteiger partial charge in [-0.25, -0.2) is 0 Å². The topological polar surface area (TPSA) is 53.8 Å². The van der Waals surface area contributed by atoms with Crippen LogP contribution in [0.15, 0.2) is 77.2 Å². The Hall–Kier alpha value is -3.34. The Morgan fingerprint density at radius 3 is 1.97 bits per heavy atom. The Balaban J connectivity index is 1.66. The molecule has 5 heteroatoms. The molecule has 5 nitrogen and oxygen atoms in total. The molecule has 0 saturated carbocycles. The van der Waals surface area contributed by atoms with Crippen molar-refractivity contribution in [3.63, 3.8) is 0 Å². The van der Waals surface area contributed by atoms with Gasteiger partial charge in [0.15, 0.2) is 0 Å². The first kappa shape index (κ1) is 24.3. The van der Waals surface area contributed by atoms with Gasteiger partial charge in [-0.05, 0) is 56.9 Å². The summed E-state index contributed by atoms with van der Waals surface area (Å²) in [5.74, 6) is 1.50. The number of amides is 2. The summed E-state index contributed by atoms with van der Waals surface area (Å²) in [6.07, 6.45) is 1.80. The zero-order valence-corrected chi connectivity index (χ0v) is 19.9. The van der Waals surface area contributed by atoms with E-state index in [4.69, 9.17) is 4.42 Å². The Morgan fingerprint density at radius 1 is 0.818 bits per heavy atom. The Morgan fingerprint density at radius 2 is 1.42 bits per heavy atom.